The molecule has 1 aromatic rings. The van der Waals surface area contributed by atoms with Crippen molar-refractivity contribution in [3.05, 3.63) is 33.9 Å². The third-order valence-electron chi connectivity index (χ3n) is 3.73. The molecule has 6 heteroatoms. The lowest BCUT2D eigenvalue weighted by Gasteiger charge is -2.34. The first kappa shape index (κ1) is 14.3. The van der Waals surface area contributed by atoms with E-state index in [1.54, 1.807) is 12.1 Å². The highest BCUT2D eigenvalue weighted by Crippen LogP contribution is 2.31. The second-order valence-electron chi connectivity index (χ2n) is 5.52. The first-order valence-corrected chi connectivity index (χ1v) is 6.68. The van der Waals surface area contributed by atoms with Crippen LogP contribution in [-0.4, -0.2) is 24.6 Å². The minimum absolute atomic E-state index is 0.0781. The number of nitro groups is 1. The smallest absolute Gasteiger partial charge is 0.309 e. The quantitative estimate of drug-likeness (QED) is 0.649. The van der Waals surface area contributed by atoms with E-state index < -0.39 is 4.92 Å². The minimum atomic E-state index is -0.498. The van der Waals surface area contributed by atoms with Crippen molar-refractivity contribution in [3.63, 3.8) is 0 Å². The molecule has 0 aliphatic carbocycles. The van der Waals surface area contributed by atoms with Gasteiger partial charge in [-0.2, -0.15) is 5.26 Å². The Labute approximate surface area is 117 Å². The largest absolute Gasteiger partial charge is 0.379 e. The third-order valence-corrected chi connectivity index (χ3v) is 3.73. The lowest BCUT2D eigenvalue weighted by atomic mass is 9.82. The van der Waals surface area contributed by atoms with Gasteiger partial charge in [0.25, 0.3) is 0 Å². The van der Waals surface area contributed by atoms with Crippen LogP contribution in [-0.2, 0) is 0 Å². The van der Waals surface area contributed by atoms with Crippen molar-refractivity contribution < 1.29 is 4.92 Å². The van der Waals surface area contributed by atoms with E-state index in [2.05, 4.69) is 17.6 Å². The van der Waals surface area contributed by atoms with Crippen molar-refractivity contribution in [2.45, 2.75) is 19.8 Å². The molecule has 1 saturated heterocycles. The molecule has 1 aliphatic heterocycles. The molecule has 0 saturated carbocycles. The Hall–Kier alpha value is -2.13. The number of nitro benzene ring substituents is 1. The maximum absolute atomic E-state index is 11.1. The SMILES string of the molecule is CC1(CNc2cccc(C#N)c2[N+](=O)[O-])CCCNC1. The predicted molar refractivity (Wildman–Crippen MR) is 76.5 cm³/mol. The van der Waals surface area contributed by atoms with Gasteiger partial charge in [-0.1, -0.05) is 13.0 Å². The van der Waals surface area contributed by atoms with Crippen LogP contribution in [0, 0.1) is 26.9 Å². The monoisotopic (exact) mass is 274 g/mol. The summed E-state index contributed by atoms with van der Waals surface area (Å²) in [6.07, 6.45) is 2.19. The zero-order valence-corrected chi connectivity index (χ0v) is 11.5. The molecule has 1 aromatic carbocycles. The number of nitrogens with one attached hydrogen (secondary N) is 2. The normalized spacial score (nSPS) is 22.0. The highest BCUT2D eigenvalue weighted by Gasteiger charge is 2.28. The Morgan fingerprint density at radius 2 is 2.40 bits per heavy atom. The number of benzene rings is 1. The van der Waals surface area contributed by atoms with Gasteiger partial charge in [-0.05, 0) is 36.9 Å². The van der Waals surface area contributed by atoms with Crippen LogP contribution in [0.25, 0.3) is 0 Å². The fraction of sp³-hybridized carbons (Fsp3) is 0.500. The van der Waals surface area contributed by atoms with Crippen molar-refractivity contribution in [1.29, 1.82) is 5.26 Å². The van der Waals surface area contributed by atoms with Crippen molar-refractivity contribution in [2.75, 3.05) is 25.0 Å². The Morgan fingerprint density at radius 1 is 1.60 bits per heavy atom. The number of hydrogen-bond donors (Lipinski definition) is 2. The molecule has 2 N–H and O–H groups in total. The lowest BCUT2D eigenvalue weighted by Crippen LogP contribution is -2.42. The van der Waals surface area contributed by atoms with Gasteiger partial charge in [0, 0.05) is 13.1 Å². The Bertz CT molecular complexity index is 545. The molecule has 0 radical (unpaired) electrons. The number of anilines is 1. The van der Waals surface area contributed by atoms with Gasteiger partial charge < -0.3 is 10.6 Å². The van der Waals surface area contributed by atoms with Crippen molar-refractivity contribution in [2.24, 2.45) is 5.41 Å². The van der Waals surface area contributed by atoms with E-state index in [0.29, 0.717) is 12.2 Å². The Balaban J connectivity index is 2.17. The molecule has 1 fully saturated rings. The number of piperidine rings is 1. The Kier molecular flexibility index (Phi) is 4.20. The molecule has 0 aromatic heterocycles. The zero-order valence-electron chi connectivity index (χ0n) is 11.5. The molecule has 0 amide bonds. The molecule has 106 valence electrons. The average molecular weight is 274 g/mol. The third kappa shape index (κ3) is 3.06. The Morgan fingerprint density at radius 3 is 3.00 bits per heavy atom. The summed E-state index contributed by atoms with van der Waals surface area (Å²) in [7, 11) is 0. The zero-order chi connectivity index (χ0) is 14.6. The van der Waals surface area contributed by atoms with Crippen LogP contribution in [0.5, 0.6) is 0 Å². The summed E-state index contributed by atoms with van der Waals surface area (Å²) in [5.41, 5.74) is 0.449. The lowest BCUT2D eigenvalue weighted by molar-refractivity contribution is -0.384. The van der Waals surface area contributed by atoms with Crippen LogP contribution < -0.4 is 10.6 Å². The van der Waals surface area contributed by atoms with Gasteiger partial charge in [-0.15, -0.1) is 0 Å². The summed E-state index contributed by atoms with van der Waals surface area (Å²) in [6, 6.07) is 6.65. The van der Waals surface area contributed by atoms with E-state index >= 15 is 0 Å². The summed E-state index contributed by atoms with van der Waals surface area (Å²) in [4.78, 5) is 10.6. The molecule has 2 rings (SSSR count). The minimum Gasteiger partial charge on any atom is -0.379 e. The molecule has 0 bridgehead atoms. The van der Waals surface area contributed by atoms with E-state index in [1.165, 1.54) is 6.07 Å². The molecule has 1 unspecified atom stereocenters. The molecule has 6 nitrogen and oxygen atoms in total. The van der Waals surface area contributed by atoms with Gasteiger partial charge in [0.15, 0.2) is 0 Å². The predicted octanol–water partition coefficient (Wildman–Crippen LogP) is 2.27. The summed E-state index contributed by atoms with van der Waals surface area (Å²) in [5.74, 6) is 0. The molecule has 0 spiro atoms. The highest BCUT2D eigenvalue weighted by atomic mass is 16.6. The second-order valence-corrected chi connectivity index (χ2v) is 5.52. The van der Waals surface area contributed by atoms with E-state index in [0.717, 1.165) is 25.9 Å². The second kappa shape index (κ2) is 5.88. The van der Waals surface area contributed by atoms with Crippen LogP contribution in [0.2, 0.25) is 0 Å². The van der Waals surface area contributed by atoms with Crippen LogP contribution in [0.15, 0.2) is 18.2 Å². The first-order valence-electron chi connectivity index (χ1n) is 6.68. The number of nitriles is 1. The van der Waals surface area contributed by atoms with Crippen LogP contribution in [0.1, 0.15) is 25.3 Å². The van der Waals surface area contributed by atoms with Gasteiger partial charge in [0.05, 0.1) is 4.92 Å². The topological polar surface area (TPSA) is 91.0 Å². The van der Waals surface area contributed by atoms with E-state index in [9.17, 15) is 10.1 Å². The molecule has 1 atom stereocenters. The number of para-hydroxylation sites is 1. The average Bonchev–Trinajstić information content (AvgIpc) is 2.45. The van der Waals surface area contributed by atoms with E-state index in [4.69, 9.17) is 5.26 Å². The summed E-state index contributed by atoms with van der Waals surface area (Å²) in [5, 5.41) is 26.6. The van der Waals surface area contributed by atoms with E-state index in [1.807, 2.05) is 6.07 Å². The maximum Gasteiger partial charge on any atom is 0.309 e. The molecular weight excluding hydrogens is 256 g/mol. The van der Waals surface area contributed by atoms with Crippen molar-refractivity contribution in [1.82, 2.24) is 5.32 Å². The number of rotatable bonds is 4. The van der Waals surface area contributed by atoms with Gasteiger partial charge in [-0.25, -0.2) is 0 Å². The van der Waals surface area contributed by atoms with Gasteiger partial charge >= 0.3 is 5.69 Å². The molecular formula is C14H18N4O2. The first-order chi connectivity index (χ1) is 9.56. The van der Waals surface area contributed by atoms with Crippen molar-refractivity contribution in [3.8, 4) is 6.07 Å². The van der Waals surface area contributed by atoms with Crippen LogP contribution in [0.3, 0.4) is 0 Å². The molecule has 1 aliphatic rings. The van der Waals surface area contributed by atoms with Crippen LogP contribution in [0.4, 0.5) is 11.4 Å². The number of nitrogens with zero attached hydrogens (tertiary/aromatic N) is 2. The van der Waals surface area contributed by atoms with Gasteiger partial charge in [-0.3, -0.25) is 10.1 Å². The highest BCUT2D eigenvalue weighted by molar-refractivity contribution is 5.68. The van der Waals surface area contributed by atoms with Gasteiger partial charge in [0.1, 0.15) is 17.3 Å². The summed E-state index contributed by atoms with van der Waals surface area (Å²) in [6.45, 7) is 4.73. The fourth-order valence-electron chi connectivity index (χ4n) is 2.55. The maximum atomic E-state index is 11.1. The fourth-order valence-corrected chi connectivity index (χ4v) is 2.55. The standard InChI is InChI=1S/C14H18N4O2/c1-14(6-3-7-16-9-14)10-17-12-5-2-4-11(8-15)13(12)18(19)20/h2,4-5,16-17H,3,6-7,9-10H2,1H3. The molecule has 1 heterocycles. The summed E-state index contributed by atoms with van der Waals surface area (Å²) < 4.78 is 0. The van der Waals surface area contributed by atoms with Crippen LogP contribution >= 0.6 is 0 Å². The summed E-state index contributed by atoms with van der Waals surface area (Å²) >= 11 is 0. The van der Waals surface area contributed by atoms with E-state index in [-0.39, 0.29) is 16.7 Å². The van der Waals surface area contributed by atoms with Crippen molar-refractivity contribution >= 4 is 11.4 Å². The number of hydrogen-bond acceptors (Lipinski definition) is 5. The molecule has 20 heavy (non-hydrogen) atoms. The van der Waals surface area contributed by atoms with Gasteiger partial charge in [0.2, 0.25) is 0 Å².